The van der Waals surface area contributed by atoms with E-state index in [0.29, 0.717) is 12.1 Å². The fourth-order valence-corrected chi connectivity index (χ4v) is 2.49. The van der Waals surface area contributed by atoms with Gasteiger partial charge in [-0.15, -0.1) is 0 Å². The Morgan fingerprint density at radius 2 is 1.89 bits per heavy atom. The molecule has 2 rings (SSSR count). The van der Waals surface area contributed by atoms with Gasteiger partial charge in [0.2, 0.25) is 0 Å². The van der Waals surface area contributed by atoms with Crippen LogP contribution in [0.3, 0.4) is 0 Å². The number of ether oxygens (including phenoxy) is 1. The van der Waals surface area contributed by atoms with Crippen LogP contribution in [0.4, 0.5) is 0 Å². The first-order valence-corrected chi connectivity index (χ1v) is 6.86. The van der Waals surface area contributed by atoms with Crippen LogP contribution in [-0.4, -0.2) is 49.2 Å². The molecule has 0 saturated carbocycles. The SMILES string of the molecule is CC1CN(CCNC(=O)c2ccccc2)CC(C)O1. The number of carbonyl (C=O) groups is 1. The number of hydrogen-bond donors (Lipinski definition) is 1. The summed E-state index contributed by atoms with van der Waals surface area (Å²) in [5.74, 6) is -0.00467. The summed E-state index contributed by atoms with van der Waals surface area (Å²) in [5.41, 5.74) is 0.714. The highest BCUT2D eigenvalue weighted by Gasteiger charge is 2.21. The van der Waals surface area contributed by atoms with Crippen molar-refractivity contribution in [1.82, 2.24) is 10.2 Å². The molecule has 4 nitrogen and oxygen atoms in total. The highest BCUT2D eigenvalue weighted by Crippen LogP contribution is 2.09. The van der Waals surface area contributed by atoms with Gasteiger partial charge < -0.3 is 10.1 Å². The van der Waals surface area contributed by atoms with Gasteiger partial charge in [0.25, 0.3) is 5.91 Å². The Hall–Kier alpha value is -1.39. The molecule has 0 bridgehead atoms. The summed E-state index contributed by atoms with van der Waals surface area (Å²) in [6, 6.07) is 9.32. The van der Waals surface area contributed by atoms with E-state index in [1.807, 2.05) is 30.3 Å². The Balaban J connectivity index is 1.73. The molecule has 0 radical (unpaired) electrons. The average Bonchev–Trinajstić information content (AvgIpc) is 2.38. The lowest BCUT2D eigenvalue weighted by Gasteiger charge is -2.35. The Kier molecular flexibility index (Phi) is 4.93. The van der Waals surface area contributed by atoms with Crippen molar-refractivity contribution in [1.29, 1.82) is 0 Å². The van der Waals surface area contributed by atoms with Gasteiger partial charge in [0.15, 0.2) is 0 Å². The standard InChI is InChI=1S/C15H22N2O2/c1-12-10-17(11-13(2)19-12)9-8-16-15(18)14-6-4-3-5-7-14/h3-7,12-13H,8-11H2,1-2H3,(H,16,18). The topological polar surface area (TPSA) is 41.6 Å². The van der Waals surface area contributed by atoms with Crippen molar-refractivity contribution >= 4 is 5.91 Å². The summed E-state index contributed by atoms with van der Waals surface area (Å²) in [6.45, 7) is 7.59. The first kappa shape index (κ1) is 14.0. The normalized spacial score (nSPS) is 24.1. The lowest BCUT2D eigenvalue weighted by molar-refractivity contribution is -0.0672. The Labute approximate surface area is 114 Å². The first-order valence-electron chi connectivity index (χ1n) is 6.86. The molecule has 1 heterocycles. The molecule has 0 spiro atoms. The second-order valence-corrected chi connectivity index (χ2v) is 5.14. The van der Waals surface area contributed by atoms with Crippen molar-refractivity contribution in [3.8, 4) is 0 Å². The predicted octanol–water partition coefficient (Wildman–Crippen LogP) is 1.53. The maximum atomic E-state index is 11.9. The number of nitrogens with one attached hydrogen (secondary N) is 1. The first-order chi connectivity index (χ1) is 9.15. The minimum absolute atomic E-state index is 0.00467. The van der Waals surface area contributed by atoms with Crippen molar-refractivity contribution in [3.63, 3.8) is 0 Å². The molecule has 1 aliphatic heterocycles. The fourth-order valence-electron chi connectivity index (χ4n) is 2.49. The number of morpholine rings is 1. The largest absolute Gasteiger partial charge is 0.373 e. The van der Waals surface area contributed by atoms with E-state index in [1.165, 1.54) is 0 Å². The molecular weight excluding hydrogens is 240 g/mol. The zero-order valence-electron chi connectivity index (χ0n) is 11.6. The summed E-state index contributed by atoms with van der Waals surface area (Å²) in [6.07, 6.45) is 0.544. The number of benzene rings is 1. The number of nitrogens with zero attached hydrogens (tertiary/aromatic N) is 1. The van der Waals surface area contributed by atoms with Gasteiger partial charge in [-0.1, -0.05) is 18.2 Å². The van der Waals surface area contributed by atoms with Crippen molar-refractivity contribution in [3.05, 3.63) is 35.9 Å². The summed E-state index contributed by atoms with van der Waals surface area (Å²) < 4.78 is 5.68. The molecule has 19 heavy (non-hydrogen) atoms. The fraction of sp³-hybridized carbons (Fsp3) is 0.533. The quantitative estimate of drug-likeness (QED) is 0.894. The lowest BCUT2D eigenvalue weighted by atomic mass is 10.2. The molecule has 1 aliphatic rings. The predicted molar refractivity (Wildman–Crippen MR) is 75.2 cm³/mol. The van der Waals surface area contributed by atoms with Gasteiger partial charge in [0.05, 0.1) is 12.2 Å². The molecule has 1 N–H and O–H groups in total. The van der Waals surface area contributed by atoms with Crippen LogP contribution < -0.4 is 5.32 Å². The Morgan fingerprint density at radius 1 is 1.26 bits per heavy atom. The molecule has 2 unspecified atom stereocenters. The number of carbonyl (C=O) groups excluding carboxylic acids is 1. The van der Waals surface area contributed by atoms with Crippen LogP contribution in [0.15, 0.2) is 30.3 Å². The van der Waals surface area contributed by atoms with Crippen LogP contribution in [0.2, 0.25) is 0 Å². The van der Waals surface area contributed by atoms with Gasteiger partial charge in [-0.05, 0) is 26.0 Å². The molecular formula is C15H22N2O2. The van der Waals surface area contributed by atoms with Crippen LogP contribution in [-0.2, 0) is 4.74 Å². The maximum absolute atomic E-state index is 11.9. The summed E-state index contributed by atoms with van der Waals surface area (Å²) >= 11 is 0. The van der Waals surface area contributed by atoms with E-state index < -0.39 is 0 Å². The number of rotatable bonds is 4. The van der Waals surface area contributed by atoms with Crippen molar-refractivity contribution in [2.75, 3.05) is 26.2 Å². The van der Waals surface area contributed by atoms with Gasteiger partial charge in [-0.2, -0.15) is 0 Å². The van der Waals surface area contributed by atoms with Crippen LogP contribution in [0.5, 0.6) is 0 Å². The van der Waals surface area contributed by atoms with Crippen molar-refractivity contribution in [2.24, 2.45) is 0 Å². The molecule has 0 aromatic heterocycles. The molecule has 2 atom stereocenters. The molecule has 1 saturated heterocycles. The van der Waals surface area contributed by atoms with Gasteiger partial charge in [-0.25, -0.2) is 0 Å². The number of hydrogen-bond acceptors (Lipinski definition) is 3. The van der Waals surface area contributed by atoms with Crippen LogP contribution in [0.1, 0.15) is 24.2 Å². The van der Waals surface area contributed by atoms with Gasteiger partial charge in [-0.3, -0.25) is 9.69 Å². The summed E-state index contributed by atoms with van der Waals surface area (Å²) in [4.78, 5) is 14.2. The highest BCUT2D eigenvalue weighted by atomic mass is 16.5. The molecule has 1 aromatic rings. The van der Waals surface area contributed by atoms with Crippen LogP contribution in [0.25, 0.3) is 0 Å². The maximum Gasteiger partial charge on any atom is 0.251 e. The van der Waals surface area contributed by atoms with Crippen LogP contribution in [0, 0.1) is 0 Å². The molecule has 1 fully saturated rings. The van der Waals surface area contributed by atoms with E-state index >= 15 is 0 Å². The zero-order valence-corrected chi connectivity index (χ0v) is 11.6. The minimum Gasteiger partial charge on any atom is -0.373 e. The Bertz CT molecular complexity index is 398. The second-order valence-electron chi connectivity index (χ2n) is 5.14. The van der Waals surface area contributed by atoms with E-state index in [1.54, 1.807) is 0 Å². The minimum atomic E-state index is -0.00467. The van der Waals surface area contributed by atoms with Crippen molar-refractivity contribution < 1.29 is 9.53 Å². The van der Waals surface area contributed by atoms with E-state index in [2.05, 4.69) is 24.1 Å². The molecule has 1 amide bonds. The third kappa shape index (κ3) is 4.33. The number of amides is 1. The summed E-state index contributed by atoms with van der Waals surface area (Å²) in [7, 11) is 0. The lowest BCUT2D eigenvalue weighted by Crippen LogP contribution is -2.47. The second kappa shape index (κ2) is 6.68. The molecule has 1 aromatic carbocycles. The Morgan fingerprint density at radius 3 is 2.53 bits per heavy atom. The van der Waals surface area contributed by atoms with E-state index in [4.69, 9.17) is 4.74 Å². The summed E-state index contributed by atoms with van der Waals surface area (Å²) in [5, 5.41) is 2.95. The van der Waals surface area contributed by atoms with Gasteiger partial charge >= 0.3 is 0 Å². The molecule has 4 heteroatoms. The van der Waals surface area contributed by atoms with E-state index in [0.717, 1.165) is 19.6 Å². The van der Waals surface area contributed by atoms with Crippen molar-refractivity contribution in [2.45, 2.75) is 26.1 Å². The zero-order chi connectivity index (χ0) is 13.7. The third-order valence-corrected chi connectivity index (χ3v) is 3.24. The third-order valence-electron chi connectivity index (χ3n) is 3.24. The van der Waals surface area contributed by atoms with Gasteiger partial charge in [0.1, 0.15) is 0 Å². The van der Waals surface area contributed by atoms with Crippen LogP contribution >= 0.6 is 0 Å². The monoisotopic (exact) mass is 262 g/mol. The molecule has 0 aliphatic carbocycles. The smallest absolute Gasteiger partial charge is 0.251 e. The average molecular weight is 262 g/mol. The van der Waals surface area contributed by atoms with Gasteiger partial charge in [0, 0.05) is 31.7 Å². The highest BCUT2D eigenvalue weighted by molar-refractivity contribution is 5.94. The van der Waals surface area contributed by atoms with E-state index in [-0.39, 0.29) is 18.1 Å². The van der Waals surface area contributed by atoms with E-state index in [9.17, 15) is 4.79 Å². The molecule has 104 valence electrons.